The minimum atomic E-state index is 0.632. The first-order chi connectivity index (χ1) is 10.2. The van der Waals surface area contributed by atoms with Gasteiger partial charge in [-0.05, 0) is 38.8 Å². The van der Waals surface area contributed by atoms with Crippen LogP contribution in [0.1, 0.15) is 50.2 Å². The highest BCUT2D eigenvalue weighted by Gasteiger charge is 2.28. The first-order valence-electron chi connectivity index (χ1n) is 8.42. The molecule has 2 heterocycles. The molecule has 1 saturated carbocycles. The topological polar surface area (TPSA) is 45.4 Å². The molecular formula is C16H28N4O. The van der Waals surface area contributed by atoms with E-state index >= 15 is 0 Å². The third-order valence-electron chi connectivity index (χ3n) is 5.07. The first-order valence-corrected chi connectivity index (χ1v) is 8.42. The van der Waals surface area contributed by atoms with Gasteiger partial charge < -0.3 is 9.42 Å². The summed E-state index contributed by atoms with van der Waals surface area (Å²) in [5.41, 5.74) is 0. The monoisotopic (exact) mass is 292 g/mol. The van der Waals surface area contributed by atoms with E-state index < -0.39 is 0 Å². The minimum absolute atomic E-state index is 0.632. The number of likely N-dealkylation sites (tertiary alicyclic amines) is 1. The molecular weight excluding hydrogens is 264 g/mol. The smallest absolute Gasteiger partial charge is 0.223 e. The van der Waals surface area contributed by atoms with Crippen molar-refractivity contribution in [3.05, 3.63) is 11.7 Å². The van der Waals surface area contributed by atoms with Gasteiger partial charge in [0.25, 0.3) is 0 Å². The zero-order valence-corrected chi connectivity index (χ0v) is 13.4. The SMILES string of the molecule is Cc1nc(CN(C)[C@@H]2CCN(CC3CCCCC3)C2)no1. The fourth-order valence-corrected chi connectivity index (χ4v) is 3.83. The lowest BCUT2D eigenvalue weighted by atomic mass is 9.89. The molecule has 2 fully saturated rings. The van der Waals surface area contributed by atoms with Crippen LogP contribution < -0.4 is 0 Å². The Hall–Kier alpha value is -0.940. The molecule has 21 heavy (non-hydrogen) atoms. The number of rotatable bonds is 5. The van der Waals surface area contributed by atoms with Crippen molar-refractivity contribution in [1.82, 2.24) is 19.9 Å². The molecule has 0 bridgehead atoms. The van der Waals surface area contributed by atoms with Gasteiger partial charge in [-0.2, -0.15) is 4.98 Å². The van der Waals surface area contributed by atoms with Gasteiger partial charge in [-0.1, -0.05) is 24.4 Å². The third kappa shape index (κ3) is 4.04. The highest BCUT2D eigenvalue weighted by atomic mass is 16.5. The number of hydrogen-bond acceptors (Lipinski definition) is 5. The molecule has 0 N–H and O–H groups in total. The average Bonchev–Trinajstić information content (AvgIpc) is 3.09. The summed E-state index contributed by atoms with van der Waals surface area (Å²) in [7, 11) is 2.18. The van der Waals surface area contributed by atoms with Gasteiger partial charge in [-0.15, -0.1) is 0 Å². The molecule has 2 aliphatic rings. The van der Waals surface area contributed by atoms with Crippen LogP contribution in [0.4, 0.5) is 0 Å². The molecule has 0 aromatic carbocycles. The van der Waals surface area contributed by atoms with Gasteiger partial charge in [-0.3, -0.25) is 4.90 Å². The van der Waals surface area contributed by atoms with Crippen molar-refractivity contribution < 1.29 is 4.52 Å². The lowest BCUT2D eigenvalue weighted by Crippen LogP contribution is -2.36. The van der Waals surface area contributed by atoms with Crippen molar-refractivity contribution in [3.63, 3.8) is 0 Å². The van der Waals surface area contributed by atoms with Crippen LogP contribution in [0.25, 0.3) is 0 Å². The second-order valence-corrected chi connectivity index (χ2v) is 6.85. The van der Waals surface area contributed by atoms with Crippen LogP contribution in [-0.4, -0.2) is 52.7 Å². The average molecular weight is 292 g/mol. The van der Waals surface area contributed by atoms with E-state index in [1.165, 1.54) is 58.2 Å². The molecule has 1 atom stereocenters. The van der Waals surface area contributed by atoms with E-state index in [0.29, 0.717) is 11.9 Å². The number of hydrogen-bond donors (Lipinski definition) is 0. The molecule has 5 heteroatoms. The number of likely N-dealkylation sites (N-methyl/N-ethyl adjacent to an activating group) is 1. The minimum Gasteiger partial charge on any atom is -0.340 e. The Balaban J connectivity index is 1.44. The van der Waals surface area contributed by atoms with Crippen molar-refractivity contribution in [1.29, 1.82) is 0 Å². The third-order valence-corrected chi connectivity index (χ3v) is 5.07. The maximum atomic E-state index is 5.05. The lowest BCUT2D eigenvalue weighted by molar-refractivity contribution is 0.195. The molecule has 118 valence electrons. The van der Waals surface area contributed by atoms with Gasteiger partial charge in [-0.25, -0.2) is 0 Å². The Morgan fingerprint density at radius 1 is 1.24 bits per heavy atom. The summed E-state index contributed by atoms with van der Waals surface area (Å²) < 4.78 is 5.05. The summed E-state index contributed by atoms with van der Waals surface area (Å²) in [5, 5.41) is 4.00. The fraction of sp³-hybridized carbons (Fsp3) is 0.875. The van der Waals surface area contributed by atoms with Gasteiger partial charge >= 0.3 is 0 Å². The van der Waals surface area contributed by atoms with E-state index in [-0.39, 0.29) is 0 Å². The lowest BCUT2D eigenvalue weighted by Gasteiger charge is -2.28. The van der Waals surface area contributed by atoms with Crippen LogP contribution in [0.15, 0.2) is 4.52 Å². The van der Waals surface area contributed by atoms with Gasteiger partial charge in [0.15, 0.2) is 5.82 Å². The van der Waals surface area contributed by atoms with Crippen LogP contribution in [0.3, 0.4) is 0 Å². The Morgan fingerprint density at radius 2 is 2.05 bits per heavy atom. The van der Waals surface area contributed by atoms with Crippen LogP contribution in [-0.2, 0) is 6.54 Å². The molecule has 1 aromatic rings. The standard InChI is InChI=1S/C16H28N4O/c1-13-17-16(18-21-13)12-19(2)15-8-9-20(11-15)10-14-6-4-3-5-7-14/h14-15H,3-12H2,1-2H3/t15-/m1/s1. The van der Waals surface area contributed by atoms with Gasteiger partial charge in [0.1, 0.15) is 0 Å². The molecule has 5 nitrogen and oxygen atoms in total. The molecule has 0 amide bonds. The highest BCUT2D eigenvalue weighted by Crippen LogP contribution is 2.26. The normalized spacial score (nSPS) is 25.0. The maximum absolute atomic E-state index is 5.05. The highest BCUT2D eigenvalue weighted by molar-refractivity contribution is 4.88. The largest absolute Gasteiger partial charge is 0.340 e. The number of aryl methyl sites for hydroxylation is 1. The molecule has 1 aromatic heterocycles. The number of nitrogens with zero attached hydrogens (tertiary/aromatic N) is 4. The summed E-state index contributed by atoms with van der Waals surface area (Å²) in [6.07, 6.45) is 8.49. The fourth-order valence-electron chi connectivity index (χ4n) is 3.83. The second-order valence-electron chi connectivity index (χ2n) is 6.85. The molecule has 1 aliphatic carbocycles. The van der Waals surface area contributed by atoms with Crippen molar-refractivity contribution in [2.45, 2.75) is 58.0 Å². The summed E-state index contributed by atoms with van der Waals surface area (Å²) >= 11 is 0. The predicted octanol–water partition coefficient (Wildman–Crippen LogP) is 2.46. The van der Waals surface area contributed by atoms with Gasteiger partial charge in [0.2, 0.25) is 5.89 Å². The predicted molar refractivity (Wildman–Crippen MR) is 81.9 cm³/mol. The Kier molecular flexibility index (Phi) is 4.91. The first kappa shape index (κ1) is 15.0. The van der Waals surface area contributed by atoms with Crippen LogP contribution in [0, 0.1) is 12.8 Å². The summed E-state index contributed by atoms with van der Waals surface area (Å²) in [6, 6.07) is 0.632. The number of aromatic nitrogens is 2. The molecule has 0 radical (unpaired) electrons. The van der Waals surface area contributed by atoms with Crippen LogP contribution in [0.2, 0.25) is 0 Å². The van der Waals surface area contributed by atoms with E-state index in [9.17, 15) is 0 Å². The van der Waals surface area contributed by atoms with Crippen molar-refractivity contribution >= 4 is 0 Å². The second kappa shape index (κ2) is 6.88. The van der Waals surface area contributed by atoms with Crippen LogP contribution >= 0.6 is 0 Å². The van der Waals surface area contributed by atoms with E-state index in [2.05, 4.69) is 27.0 Å². The molecule has 0 unspecified atom stereocenters. The molecule has 0 spiro atoms. The van der Waals surface area contributed by atoms with Crippen molar-refractivity contribution in [3.8, 4) is 0 Å². The maximum Gasteiger partial charge on any atom is 0.223 e. The zero-order valence-electron chi connectivity index (χ0n) is 13.4. The molecule has 3 rings (SSSR count). The summed E-state index contributed by atoms with van der Waals surface area (Å²) in [4.78, 5) is 9.35. The zero-order chi connectivity index (χ0) is 14.7. The quantitative estimate of drug-likeness (QED) is 0.834. The van der Waals surface area contributed by atoms with Gasteiger partial charge in [0.05, 0.1) is 6.54 Å². The Labute approximate surface area is 127 Å². The summed E-state index contributed by atoms with van der Waals surface area (Å²) in [6.45, 7) is 6.39. The van der Waals surface area contributed by atoms with E-state index in [0.717, 1.165) is 18.3 Å². The Morgan fingerprint density at radius 3 is 2.76 bits per heavy atom. The Bertz CT molecular complexity index is 441. The van der Waals surface area contributed by atoms with E-state index in [4.69, 9.17) is 4.52 Å². The van der Waals surface area contributed by atoms with Crippen molar-refractivity contribution in [2.24, 2.45) is 5.92 Å². The van der Waals surface area contributed by atoms with Crippen molar-refractivity contribution in [2.75, 3.05) is 26.7 Å². The van der Waals surface area contributed by atoms with E-state index in [1.807, 2.05) is 6.92 Å². The van der Waals surface area contributed by atoms with E-state index in [1.54, 1.807) is 0 Å². The molecule has 1 aliphatic heterocycles. The molecule has 1 saturated heterocycles. The van der Waals surface area contributed by atoms with Crippen LogP contribution in [0.5, 0.6) is 0 Å². The summed E-state index contributed by atoms with van der Waals surface area (Å²) in [5.74, 6) is 2.41. The van der Waals surface area contributed by atoms with Gasteiger partial charge in [0, 0.05) is 26.1 Å².